The second kappa shape index (κ2) is 9.28. The van der Waals surface area contributed by atoms with E-state index in [1.54, 1.807) is 0 Å². The van der Waals surface area contributed by atoms with Crippen LogP contribution in [0.4, 0.5) is 0 Å². The molecule has 1 saturated heterocycles. The molecule has 32 heavy (non-hydrogen) atoms. The number of hydrogen-bond acceptors (Lipinski definition) is 5. The maximum atomic E-state index is 12.3. The molecular formula is C25H32N4O3. The number of carbonyl (C=O) groups is 1. The molecule has 7 heteroatoms. The molecule has 170 valence electrons. The van der Waals surface area contributed by atoms with Gasteiger partial charge in [-0.2, -0.15) is 5.10 Å². The van der Waals surface area contributed by atoms with Crippen molar-refractivity contribution in [3.63, 3.8) is 0 Å². The van der Waals surface area contributed by atoms with Gasteiger partial charge in [-0.1, -0.05) is 35.5 Å². The lowest BCUT2D eigenvalue weighted by molar-refractivity contribution is -0.155. The average molecular weight is 437 g/mol. The standard InChI is InChI=1S/C25H32N4O3/c1-4-11-29-19(3)20(16-26-29)17-28-12-9-25(10-13-28,24(30)31)15-21-14-23(27-32-21)22-8-6-5-7-18(22)2/h4-8,16,21H,1,9-15,17H2,2-3H3,(H,30,31). The third-order valence-corrected chi connectivity index (χ3v) is 6.98. The smallest absolute Gasteiger partial charge is 0.309 e. The summed E-state index contributed by atoms with van der Waals surface area (Å²) in [6, 6.07) is 8.11. The number of aryl methyl sites for hydroxylation is 1. The van der Waals surface area contributed by atoms with E-state index in [1.165, 1.54) is 5.56 Å². The van der Waals surface area contributed by atoms with Gasteiger partial charge in [-0.25, -0.2) is 0 Å². The van der Waals surface area contributed by atoms with E-state index in [0.717, 1.165) is 42.2 Å². The zero-order valence-electron chi connectivity index (χ0n) is 19.0. The third kappa shape index (κ3) is 4.48. The molecule has 1 aromatic heterocycles. The number of likely N-dealkylation sites (tertiary alicyclic amines) is 1. The van der Waals surface area contributed by atoms with Crippen LogP contribution < -0.4 is 0 Å². The first-order valence-electron chi connectivity index (χ1n) is 11.3. The van der Waals surface area contributed by atoms with E-state index < -0.39 is 11.4 Å². The topological polar surface area (TPSA) is 80.0 Å². The SMILES string of the molecule is C=CCn1ncc(CN2CCC(CC3CC(c4ccccc4C)=NO3)(C(=O)O)CC2)c1C. The minimum Gasteiger partial charge on any atom is -0.481 e. The van der Waals surface area contributed by atoms with Crippen molar-refractivity contribution in [3.05, 3.63) is 65.5 Å². The quantitative estimate of drug-likeness (QED) is 0.634. The van der Waals surface area contributed by atoms with Gasteiger partial charge in [-0.05, 0) is 45.3 Å². The van der Waals surface area contributed by atoms with Crippen molar-refractivity contribution in [2.75, 3.05) is 13.1 Å². The number of aromatic nitrogens is 2. The van der Waals surface area contributed by atoms with E-state index in [4.69, 9.17) is 4.84 Å². The minimum atomic E-state index is -0.764. The van der Waals surface area contributed by atoms with E-state index in [9.17, 15) is 9.90 Å². The second-order valence-electron chi connectivity index (χ2n) is 9.08. The van der Waals surface area contributed by atoms with Crippen molar-refractivity contribution in [1.29, 1.82) is 0 Å². The fourth-order valence-electron chi connectivity index (χ4n) is 4.86. The lowest BCUT2D eigenvalue weighted by Crippen LogP contribution is -2.45. The molecule has 0 aliphatic carbocycles. The molecular weight excluding hydrogens is 404 g/mol. The number of benzene rings is 1. The van der Waals surface area contributed by atoms with Crippen LogP contribution in [0, 0.1) is 19.3 Å². The fraction of sp³-hybridized carbons (Fsp3) is 0.480. The van der Waals surface area contributed by atoms with Crippen molar-refractivity contribution in [2.45, 2.75) is 58.7 Å². The molecule has 1 N–H and O–H groups in total. The summed E-state index contributed by atoms with van der Waals surface area (Å²) in [5.74, 6) is -0.722. The predicted molar refractivity (Wildman–Crippen MR) is 124 cm³/mol. The second-order valence-corrected chi connectivity index (χ2v) is 9.08. The molecule has 0 spiro atoms. The maximum absolute atomic E-state index is 12.3. The summed E-state index contributed by atoms with van der Waals surface area (Å²) in [7, 11) is 0. The van der Waals surface area contributed by atoms with Crippen molar-refractivity contribution in [1.82, 2.24) is 14.7 Å². The van der Waals surface area contributed by atoms with Crippen LogP contribution in [0.15, 0.2) is 48.3 Å². The van der Waals surface area contributed by atoms with Crippen molar-refractivity contribution in [2.24, 2.45) is 10.6 Å². The van der Waals surface area contributed by atoms with E-state index in [2.05, 4.69) is 41.6 Å². The van der Waals surface area contributed by atoms with Gasteiger partial charge in [0.15, 0.2) is 0 Å². The zero-order chi connectivity index (χ0) is 22.7. The maximum Gasteiger partial charge on any atom is 0.309 e. The molecule has 2 aromatic rings. The largest absolute Gasteiger partial charge is 0.481 e. The normalized spacial score (nSPS) is 20.6. The van der Waals surface area contributed by atoms with Gasteiger partial charge in [-0.3, -0.25) is 14.4 Å². The summed E-state index contributed by atoms with van der Waals surface area (Å²) >= 11 is 0. The Labute approximate surface area is 189 Å². The van der Waals surface area contributed by atoms with Crippen LogP contribution in [0.1, 0.15) is 48.1 Å². The number of oxime groups is 1. The summed E-state index contributed by atoms with van der Waals surface area (Å²) in [5.41, 5.74) is 4.72. The molecule has 7 nitrogen and oxygen atoms in total. The van der Waals surface area contributed by atoms with Crippen LogP contribution in [0.5, 0.6) is 0 Å². The molecule has 0 amide bonds. The Bertz CT molecular complexity index is 1020. The van der Waals surface area contributed by atoms with Gasteiger partial charge in [-0.15, -0.1) is 6.58 Å². The van der Waals surface area contributed by atoms with Crippen molar-refractivity contribution >= 4 is 11.7 Å². The molecule has 1 atom stereocenters. The van der Waals surface area contributed by atoms with Gasteiger partial charge < -0.3 is 9.94 Å². The Morgan fingerprint density at radius 2 is 2.06 bits per heavy atom. The van der Waals surface area contributed by atoms with Crippen LogP contribution >= 0.6 is 0 Å². The Morgan fingerprint density at radius 3 is 2.75 bits per heavy atom. The van der Waals surface area contributed by atoms with Gasteiger partial charge in [0.05, 0.1) is 23.9 Å². The molecule has 2 aliphatic heterocycles. The summed E-state index contributed by atoms with van der Waals surface area (Å²) in [5, 5.41) is 18.9. The van der Waals surface area contributed by atoms with E-state index in [-0.39, 0.29) is 6.10 Å². The highest BCUT2D eigenvalue weighted by atomic mass is 16.6. The third-order valence-electron chi connectivity index (χ3n) is 6.98. The summed E-state index contributed by atoms with van der Waals surface area (Å²) in [6.07, 6.45) is 5.94. The summed E-state index contributed by atoms with van der Waals surface area (Å²) < 4.78 is 1.94. The van der Waals surface area contributed by atoms with E-state index >= 15 is 0 Å². The summed E-state index contributed by atoms with van der Waals surface area (Å²) in [4.78, 5) is 20.4. The van der Waals surface area contributed by atoms with E-state index in [1.807, 2.05) is 35.2 Å². The van der Waals surface area contributed by atoms with Gasteiger partial charge in [0, 0.05) is 36.2 Å². The first-order valence-corrected chi connectivity index (χ1v) is 11.3. The number of rotatable bonds is 8. The highest BCUT2D eigenvalue weighted by Gasteiger charge is 2.45. The van der Waals surface area contributed by atoms with Crippen LogP contribution in [0.25, 0.3) is 0 Å². The number of allylic oxidation sites excluding steroid dienone is 1. The first kappa shape index (κ1) is 22.3. The van der Waals surface area contributed by atoms with Gasteiger partial charge in [0.25, 0.3) is 0 Å². The predicted octanol–water partition coefficient (Wildman–Crippen LogP) is 3.94. The Hall–Kier alpha value is -2.93. The monoisotopic (exact) mass is 436 g/mol. The van der Waals surface area contributed by atoms with E-state index in [0.29, 0.717) is 32.2 Å². The van der Waals surface area contributed by atoms with Crippen LogP contribution in [0.3, 0.4) is 0 Å². The number of hydrogen-bond donors (Lipinski definition) is 1. The molecule has 1 unspecified atom stereocenters. The molecule has 3 heterocycles. The number of nitrogens with zero attached hydrogens (tertiary/aromatic N) is 4. The van der Waals surface area contributed by atoms with Crippen LogP contribution in [-0.2, 0) is 22.7 Å². The Morgan fingerprint density at radius 1 is 1.31 bits per heavy atom. The molecule has 0 radical (unpaired) electrons. The molecule has 4 rings (SSSR count). The summed E-state index contributed by atoms with van der Waals surface area (Å²) in [6.45, 7) is 10.9. The molecule has 1 aromatic carbocycles. The highest BCUT2D eigenvalue weighted by molar-refractivity contribution is 6.02. The minimum absolute atomic E-state index is 0.188. The van der Waals surface area contributed by atoms with Gasteiger partial charge in [0.1, 0.15) is 6.10 Å². The highest BCUT2D eigenvalue weighted by Crippen LogP contribution is 2.39. The van der Waals surface area contributed by atoms with Gasteiger partial charge in [0.2, 0.25) is 0 Å². The molecule has 1 fully saturated rings. The first-order chi connectivity index (χ1) is 15.4. The molecule has 2 aliphatic rings. The lowest BCUT2D eigenvalue weighted by atomic mass is 9.73. The number of piperidine rings is 1. The Balaban J connectivity index is 1.36. The fourth-order valence-corrected chi connectivity index (χ4v) is 4.86. The van der Waals surface area contributed by atoms with Crippen LogP contribution in [-0.4, -0.2) is 50.7 Å². The Kier molecular flexibility index (Phi) is 6.46. The average Bonchev–Trinajstić information content (AvgIpc) is 3.37. The number of carboxylic acid groups (broad SMARTS) is 1. The molecule has 0 bridgehead atoms. The lowest BCUT2D eigenvalue weighted by Gasteiger charge is -2.39. The number of carboxylic acids is 1. The van der Waals surface area contributed by atoms with Crippen molar-refractivity contribution < 1.29 is 14.7 Å². The zero-order valence-corrected chi connectivity index (χ0v) is 19.0. The van der Waals surface area contributed by atoms with Crippen molar-refractivity contribution in [3.8, 4) is 0 Å². The molecule has 0 saturated carbocycles. The van der Waals surface area contributed by atoms with Crippen LogP contribution in [0.2, 0.25) is 0 Å². The van der Waals surface area contributed by atoms with Gasteiger partial charge >= 0.3 is 5.97 Å². The number of aliphatic carboxylic acids is 1.